The molecule has 2 aromatic heterocycles. The minimum Gasteiger partial charge on any atom is -0.302 e. The fourth-order valence-electron chi connectivity index (χ4n) is 2.18. The first kappa shape index (κ1) is 16.7. The van der Waals surface area contributed by atoms with Crippen molar-refractivity contribution in [1.29, 1.82) is 0 Å². The molecule has 0 spiro atoms. The molecular formula is C16H17N5OS2. The van der Waals surface area contributed by atoms with Crippen LogP contribution >= 0.6 is 23.1 Å². The molecule has 1 amide bonds. The lowest BCUT2D eigenvalue weighted by Crippen LogP contribution is -2.14. The Hall–Kier alpha value is -2.19. The molecule has 0 radical (unpaired) electrons. The first-order valence-corrected chi connectivity index (χ1v) is 9.37. The number of amides is 1. The number of hydrogen-bond acceptors (Lipinski definition) is 6. The third kappa shape index (κ3) is 3.82. The van der Waals surface area contributed by atoms with Crippen LogP contribution in [0.4, 0.5) is 5.13 Å². The van der Waals surface area contributed by atoms with Crippen LogP contribution in [0.2, 0.25) is 0 Å². The number of nitrogens with one attached hydrogen (secondary N) is 1. The summed E-state index contributed by atoms with van der Waals surface area (Å²) in [6.45, 7) is 4.68. The lowest BCUT2D eigenvalue weighted by atomic mass is 10.2. The Morgan fingerprint density at radius 2 is 2.08 bits per heavy atom. The van der Waals surface area contributed by atoms with Crippen LogP contribution < -0.4 is 5.32 Å². The molecule has 3 rings (SSSR count). The molecule has 3 aromatic rings. The zero-order valence-electron chi connectivity index (χ0n) is 13.4. The van der Waals surface area contributed by atoms with E-state index in [1.165, 1.54) is 23.1 Å². The highest BCUT2D eigenvalue weighted by Gasteiger charge is 2.14. The van der Waals surface area contributed by atoms with Gasteiger partial charge in [-0.05, 0) is 13.8 Å². The van der Waals surface area contributed by atoms with E-state index in [2.05, 4.69) is 20.5 Å². The van der Waals surface area contributed by atoms with Gasteiger partial charge >= 0.3 is 0 Å². The van der Waals surface area contributed by atoms with Gasteiger partial charge in [-0.2, -0.15) is 0 Å². The molecule has 0 fully saturated rings. The summed E-state index contributed by atoms with van der Waals surface area (Å²) in [6.07, 6.45) is 0. The van der Waals surface area contributed by atoms with E-state index >= 15 is 0 Å². The molecule has 0 aliphatic heterocycles. The number of carbonyl (C=O) groups excluding carboxylic acids is 1. The fourth-order valence-corrected chi connectivity index (χ4v) is 3.68. The molecule has 24 heavy (non-hydrogen) atoms. The SMILES string of the molecule is CCn1c(SCC(=O)Nc2nc(C)cs2)nnc1-c1ccccc1. The number of hydrogen-bond donors (Lipinski definition) is 1. The minimum atomic E-state index is -0.0961. The molecule has 2 heterocycles. The average Bonchev–Trinajstić information content (AvgIpc) is 3.19. The predicted octanol–water partition coefficient (Wildman–Crippen LogP) is 3.46. The van der Waals surface area contributed by atoms with Crippen LogP contribution in [0, 0.1) is 6.92 Å². The van der Waals surface area contributed by atoms with Gasteiger partial charge in [0.1, 0.15) is 0 Å². The second-order valence-electron chi connectivity index (χ2n) is 5.05. The molecule has 6 nitrogen and oxygen atoms in total. The van der Waals surface area contributed by atoms with E-state index in [1.807, 2.05) is 54.1 Å². The van der Waals surface area contributed by atoms with Gasteiger partial charge < -0.3 is 9.88 Å². The van der Waals surface area contributed by atoms with Crippen molar-refractivity contribution in [2.24, 2.45) is 0 Å². The molecule has 0 saturated carbocycles. The number of anilines is 1. The topological polar surface area (TPSA) is 72.7 Å². The second-order valence-corrected chi connectivity index (χ2v) is 6.85. The summed E-state index contributed by atoms with van der Waals surface area (Å²) in [6, 6.07) is 9.92. The van der Waals surface area contributed by atoms with Crippen molar-refractivity contribution in [3.63, 3.8) is 0 Å². The van der Waals surface area contributed by atoms with E-state index in [-0.39, 0.29) is 11.7 Å². The van der Waals surface area contributed by atoms with Crippen LogP contribution in [0.5, 0.6) is 0 Å². The quantitative estimate of drug-likeness (QED) is 0.682. The largest absolute Gasteiger partial charge is 0.302 e. The van der Waals surface area contributed by atoms with Crippen LogP contribution in [-0.2, 0) is 11.3 Å². The minimum absolute atomic E-state index is 0.0961. The maximum Gasteiger partial charge on any atom is 0.236 e. The van der Waals surface area contributed by atoms with E-state index in [1.54, 1.807) is 0 Å². The highest BCUT2D eigenvalue weighted by Crippen LogP contribution is 2.24. The maximum atomic E-state index is 12.0. The Labute approximate surface area is 148 Å². The van der Waals surface area contributed by atoms with E-state index in [0.29, 0.717) is 5.13 Å². The van der Waals surface area contributed by atoms with Crippen molar-refractivity contribution >= 4 is 34.1 Å². The van der Waals surface area contributed by atoms with Crippen LogP contribution in [0.3, 0.4) is 0 Å². The molecule has 0 unspecified atom stereocenters. The molecule has 0 atom stereocenters. The van der Waals surface area contributed by atoms with E-state index in [0.717, 1.165) is 28.8 Å². The van der Waals surface area contributed by atoms with Crippen LogP contribution in [0.15, 0.2) is 40.9 Å². The fraction of sp³-hybridized carbons (Fsp3) is 0.250. The number of aromatic nitrogens is 4. The van der Waals surface area contributed by atoms with Crippen molar-refractivity contribution in [1.82, 2.24) is 19.7 Å². The molecule has 1 N–H and O–H groups in total. The van der Waals surface area contributed by atoms with Gasteiger partial charge in [0.25, 0.3) is 0 Å². The summed E-state index contributed by atoms with van der Waals surface area (Å²) >= 11 is 2.80. The molecule has 124 valence electrons. The predicted molar refractivity (Wildman–Crippen MR) is 97.3 cm³/mol. The van der Waals surface area contributed by atoms with Crippen molar-refractivity contribution in [3.8, 4) is 11.4 Å². The highest BCUT2D eigenvalue weighted by molar-refractivity contribution is 7.99. The van der Waals surface area contributed by atoms with E-state index in [4.69, 9.17) is 0 Å². The zero-order valence-corrected chi connectivity index (χ0v) is 15.0. The molecule has 0 bridgehead atoms. The average molecular weight is 359 g/mol. The molecule has 0 aliphatic carbocycles. The number of thiazole rings is 1. The van der Waals surface area contributed by atoms with Crippen LogP contribution in [0.25, 0.3) is 11.4 Å². The number of thioether (sulfide) groups is 1. The number of carbonyl (C=O) groups is 1. The Bertz CT molecular complexity index is 828. The van der Waals surface area contributed by atoms with E-state index < -0.39 is 0 Å². The van der Waals surface area contributed by atoms with Gasteiger partial charge in [-0.3, -0.25) is 4.79 Å². The number of rotatable bonds is 6. The van der Waals surface area contributed by atoms with Gasteiger partial charge in [-0.15, -0.1) is 21.5 Å². The van der Waals surface area contributed by atoms with Crippen molar-refractivity contribution in [2.75, 3.05) is 11.1 Å². The van der Waals surface area contributed by atoms with Crippen LogP contribution in [0.1, 0.15) is 12.6 Å². The number of nitrogens with zero attached hydrogens (tertiary/aromatic N) is 4. The molecule has 0 saturated heterocycles. The summed E-state index contributed by atoms with van der Waals surface area (Å²) in [4.78, 5) is 16.3. The first-order valence-electron chi connectivity index (χ1n) is 7.50. The second kappa shape index (κ2) is 7.59. The lowest BCUT2D eigenvalue weighted by molar-refractivity contribution is -0.113. The Balaban J connectivity index is 1.67. The van der Waals surface area contributed by atoms with Gasteiger partial charge in [-0.25, -0.2) is 4.98 Å². The molecular weight excluding hydrogens is 342 g/mol. The number of benzene rings is 1. The van der Waals surface area contributed by atoms with Gasteiger partial charge in [0.15, 0.2) is 16.1 Å². The molecule has 0 aliphatic rings. The normalized spacial score (nSPS) is 10.8. The monoisotopic (exact) mass is 359 g/mol. The number of aryl methyl sites for hydroxylation is 1. The summed E-state index contributed by atoms with van der Waals surface area (Å²) in [7, 11) is 0. The first-order chi connectivity index (χ1) is 11.7. The summed E-state index contributed by atoms with van der Waals surface area (Å²) < 4.78 is 2.01. The Morgan fingerprint density at radius 3 is 2.75 bits per heavy atom. The standard InChI is InChI=1S/C16H17N5OS2/c1-3-21-14(12-7-5-4-6-8-12)19-20-16(21)24-10-13(22)18-15-17-11(2)9-23-15/h4-9H,3,10H2,1-2H3,(H,17,18,22). The van der Waals surface area contributed by atoms with Gasteiger partial charge in [0.05, 0.1) is 11.4 Å². The highest BCUT2D eigenvalue weighted by atomic mass is 32.2. The lowest BCUT2D eigenvalue weighted by Gasteiger charge is -2.07. The molecule has 1 aromatic carbocycles. The Kier molecular flexibility index (Phi) is 5.27. The van der Waals surface area contributed by atoms with Gasteiger partial charge in [-0.1, -0.05) is 42.1 Å². The third-order valence-corrected chi connectivity index (χ3v) is 5.11. The van der Waals surface area contributed by atoms with Gasteiger partial charge in [0.2, 0.25) is 5.91 Å². The zero-order chi connectivity index (χ0) is 16.9. The van der Waals surface area contributed by atoms with Crippen molar-refractivity contribution in [3.05, 3.63) is 41.4 Å². The third-order valence-electron chi connectivity index (χ3n) is 3.26. The Morgan fingerprint density at radius 1 is 1.29 bits per heavy atom. The van der Waals surface area contributed by atoms with Crippen molar-refractivity contribution in [2.45, 2.75) is 25.5 Å². The maximum absolute atomic E-state index is 12.0. The smallest absolute Gasteiger partial charge is 0.236 e. The molecule has 8 heteroatoms. The van der Waals surface area contributed by atoms with Gasteiger partial charge in [0, 0.05) is 17.5 Å². The summed E-state index contributed by atoms with van der Waals surface area (Å²) in [5.74, 6) is 0.990. The summed E-state index contributed by atoms with van der Waals surface area (Å²) in [5, 5.41) is 14.6. The van der Waals surface area contributed by atoms with Crippen LogP contribution in [-0.4, -0.2) is 31.4 Å². The van der Waals surface area contributed by atoms with Crippen molar-refractivity contribution < 1.29 is 4.79 Å². The van der Waals surface area contributed by atoms with E-state index in [9.17, 15) is 4.79 Å². The summed E-state index contributed by atoms with van der Waals surface area (Å²) in [5.41, 5.74) is 1.92.